The quantitative estimate of drug-likeness (QED) is 0.573. The van der Waals surface area contributed by atoms with Crippen molar-refractivity contribution < 1.29 is 14.0 Å². The minimum atomic E-state index is -2.61. The molecule has 0 saturated carbocycles. The molecule has 0 aromatic rings. The van der Waals surface area contributed by atoms with Crippen LogP contribution in [0.1, 0.15) is 6.42 Å². The van der Waals surface area contributed by atoms with E-state index in [1.165, 1.54) is 6.42 Å². The summed E-state index contributed by atoms with van der Waals surface area (Å²) in [6, 6.07) is 0. The fraction of sp³-hybridized carbons (Fsp3) is 0.600. The van der Waals surface area contributed by atoms with Gasteiger partial charge in [0.05, 0.1) is 0 Å². The maximum atomic E-state index is 2.48. The Balaban J connectivity index is 0. The van der Waals surface area contributed by atoms with E-state index in [0.29, 0.717) is 0 Å². The summed E-state index contributed by atoms with van der Waals surface area (Å²) in [7, 11) is 0. The van der Waals surface area contributed by atoms with Gasteiger partial charge in [0.1, 0.15) is 0 Å². The number of halogens is 2. The molecule has 0 aromatic heterocycles. The molecule has 0 aromatic carbocycles. The number of rotatable bonds is 1. The van der Waals surface area contributed by atoms with Gasteiger partial charge < -0.3 is 0 Å². The predicted molar refractivity (Wildman–Crippen MR) is 65.7 cm³/mol. The molecule has 0 bridgehead atoms. The zero-order valence-corrected chi connectivity index (χ0v) is 12.5. The molecule has 1 aliphatic carbocycles. The Kier molecular flexibility index (Phi) is 4.26. The molecule has 3 heteroatoms. The van der Waals surface area contributed by atoms with Crippen molar-refractivity contribution in [1.29, 1.82) is 0 Å². The summed E-state index contributed by atoms with van der Waals surface area (Å²) < 4.78 is 1.70. The first-order chi connectivity index (χ1) is 4.59. The molecular weight excluding hydrogens is 239 g/mol. The normalized spacial score (nSPS) is 20.5. The molecule has 0 radical (unpaired) electrons. The average molecular weight is 261 g/mol. The monoisotopic (exact) mass is 260 g/mol. The van der Waals surface area contributed by atoms with E-state index in [2.05, 4.69) is 44.4 Å². The molecule has 1 rings (SSSR count). The second kappa shape index (κ2) is 3.41. The van der Waals surface area contributed by atoms with Crippen LogP contribution in [-0.2, 0) is 14.0 Å². The van der Waals surface area contributed by atoms with Gasteiger partial charge >= 0.3 is 68.7 Å². The summed E-state index contributed by atoms with van der Waals surface area (Å²) in [4.78, 5) is 0. The third-order valence-electron chi connectivity index (χ3n) is 2.38. The Hall–Kier alpha value is 0.774. The van der Waals surface area contributed by atoms with Crippen molar-refractivity contribution in [3.8, 4) is 0 Å². The van der Waals surface area contributed by atoms with E-state index in [9.17, 15) is 0 Å². The van der Waals surface area contributed by atoms with Crippen LogP contribution in [0.15, 0.2) is 22.1 Å². The van der Waals surface area contributed by atoms with Crippen LogP contribution >= 0.6 is 24.8 Å². The Morgan fingerprint density at radius 2 is 1.46 bits per heavy atom. The minimum absolute atomic E-state index is 0. The molecule has 0 spiro atoms. The van der Waals surface area contributed by atoms with Crippen molar-refractivity contribution in [3.05, 3.63) is 22.1 Å². The summed E-state index contributed by atoms with van der Waals surface area (Å²) in [6.45, 7) is 0. The molecule has 0 aliphatic heterocycles. The summed E-state index contributed by atoms with van der Waals surface area (Å²) in [5.41, 5.74) is 0. The van der Waals surface area contributed by atoms with Gasteiger partial charge in [0.25, 0.3) is 0 Å². The van der Waals surface area contributed by atoms with Gasteiger partial charge in [-0.15, -0.1) is 24.8 Å². The van der Waals surface area contributed by atoms with Gasteiger partial charge in [0, 0.05) is 0 Å². The Labute approximate surface area is 93.1 Å². The zero-order valence-electron chi connectivity index (χ0n) is 9.26. The molecular formula is C10H22Cl2Ti. The van der Waals surface area contributed by atoms with Crippen LogP contribution in [0.3, 0.4) is 0 Å². The van der Waals surface area contributed by atoms with Crippen LogP contribution in [0.25, 0.3) is 0 Å². The van der Waals surface area contributed by atoms with Crippen molar-refractivity contribution in [2.75, 3.05) is 0 Å². The van der Waals surface area contributed by atoms with E-state index in [1.807, 2.05) is 0 Å². The number of allylic oxidation sites excluding steroid dienone is 4. The molecule has 0 fully saturated rings. The molecule has 0 nitrogen and oxygen atoms in total. The van der Waals surface area contributed by atoms with Crippen LogP contribution in [0, 0.1) is 0 Å². The van der Waals surface area contributed by atoms with Gasteiger partial charge in [-0.1, -0.05) is 0 Å². The zero-order chi connectivity index (χ0) is 8.81. The molecule has 0 unspecified atom stereocenters. The van der Waals surface area contributed by atoms with E-state index >= 15 is 0 Å². The van der Waals surface area contributed by atoms with Crippen LogP contribution in [0.2, 0.25) is 26.1 Å². The fourth-order valence-corrected chi connectivity index (χ4v) is 4.60. The molecule has 0 N–H and O–H groups in total. The van der Waals surface area contributed by atoms with Crippen LogP contribution in [0.4, 0.5) is 0 Å². The third-order valence-corrected chi connectivity index (χ3v) is 7.97. The van der Waals surface area contributed by atoms with E-state index in [1.54, 1.807) is 3.88 Å². The maximum absolute atomic E-state index is 2.61. The van der Waals surface area contributed by atoms with Gasteiger partial charge in [-0.05, 0) is 0 Å². The summed E-state index contributed by atoms with van der Waals surface area (Å²) in [6.07, 6.45) is 7.98. The van der Waals surface area contributed by atoms with Crippen molar-refractivity contribution in [1.82, 2.24) is 0 Å². The molecule has 1 aliphatic rings. The van der Waals surface area contributed by atoms with Crippen LogP contribution in [0.5, 0.6) is 0 Å². The Morgan fingerprint density at radius 3 is 1.62 bits per heavy atom. The first-order valence-corrected chi connectivity index (χ1v) is 13.1. The van der Waals surface area contributed by atoms with Gasteiger partial charge in [0.2, 0.25) is 0 Å². The topological polar surface area (TPSA) is 0 Å². The third kappa shape index (κ3) is 4.69. The van der Waals surface area contributed by atoms with Gasteiger partial charge in [-0.25, -0.2) is 0 Å². The van der Waals surface area contributed by atoms with Gasteiger partial charge in [-0.2, -0.15) is 0 Å². The molecule has 0 saturated heterocycles. The molecule has 0 amide bonds. The van der Waals surface area contributed by atoms with E-state index in [4.69, 9.17) is 0 Å². The molecule has 0 heterocycles. The predicted octanol–water partition coefficient (Wildman–Crippen LogP) is 5.14. The van der Waals surface area contributed by atoms with Crippen molar-refractivity contribution >= 4 is 24.8 Å². The Bertz CT molecular complexity index is 240. The first-order valence-electron chi connectivity index (χ1n) is 4.47. The van der Waals surface area contributed by atoms with Gasteiger partial charge in [-0.3, -0.25) is 0 Å². The first kappa shape index (κ1) is 16.2. The SMILES string of the molecule is Cl.Cl.[CH3][Ti]([CH3])([CH3])([CH3])([CH3])[C]1=CC=CC1. The summed E-state index contributed by atoms with van der Waals surface area (Å²) >= 11 is -2.61. The summed E-state index contributed by atoms with van der Waals surface area (Å²) in [5.74, 6) is 0. The van der Waals surface area contributed by atoms with Crippen molar-refractivity contribution in [3.63, 3.8) is 0 Å². The second-order valence-electron chi connectivity index (χ2n) is 7.57. The number of hydrogen-bond acceptors (Lipinski definition) is 0. The molecule has 0 atom stereocenters. The standard InChI is InChI=1S/C5H5.5CH3.2ClH.Ti/c1-2-4-5-3-1;;;;;;;;/h1-3H,4H2;5*1H3;2*1H;. The van der Waals surface area contributed by atoms with Crippen LogP contribution in [-0.4, -0.2) is 0 Å². The number of hydrogen-bond donors (Lipinski definition) is 0. The summed E-state index contributed by atoms with van der Waals surface area (Å²) in [5, 5.41) is 12.4. The molecule has 80 valence electrons. The van der Waals surface area contributed by atoms with E-state index in [-0.39, 0.29) is 24.8 Å². The van der Waals surface area contributed by atoms with E-state index < -0.39 is 14.0 Å². The average Bonchev–Trinajstić information content (AvgIpc) is 2.01. The molecule has 13 heavy (non-hydrogen) atoms. The van der Waals surface area contributed by atoms with Crippen molar-refractivity contribution in [2.24, 2.45) is 0 Å². The second-order valence-corrected chi connectivity index (χ2v) is 28.1. The van der Waals surface area contributed by atoms with Gasteiger partial charge in [0.15, 0.2) is 0 Å². The Morgan fingerprint density at radius 1 is 1.00 bits per heavy atom. The van der Waals surface area contributed by atoms with Crippen molar-refractivity contribution in [2.45, 2.75) is 32.6 Å². The van der Waals surface area contributed by atoms with E-state index in [0.717, 1.165) is 0 Å². The fourth-order valence-electron chi connectivity index (χ4n) is 1.37. The van der Waals surface area contributed by atoms with Crippen LogP contribution < -0.4 is 0 Å².